The quantitative estimate of drug-likeness (QED) is 0.908. The Labute approximate surface area is 123 Å². The van der Waals surface area contributed by atoms with Crippen LogP contribution in [0.2, 0.25) is 0 Å². The van der Waals surface area contributed by atoms with Crippen LogP contribution in [0.1, 0.15) is 30.1 Å². The Morgan fingerprint density at radius 2 is 2.33 bits per heavy atom. The van der Waals surface area contributed by atoms with Crippen molar-refractivity contribution in [1.29, 1.82) is 0 Å². The van der Waals surface area contributed by atoms with Crippen LogP contribution in [0.3, 0.4) is 0 Å². The number of carbonyl (C=O) groups is 1. The molecule has 0 bridgehead atoms. The lowest BCUT2D eigenvalue weighted by molar-refractivity contribution is -0.0499. The van der Waals surface area contributed by atoms with Gasteiger partial charge in [0, 0.05) is 24.7 Å². The number of benzene rings is 1. The second-order valence-corrected chi connectivity index (χ2v) is 5.00. The standard InChI is InChI=1S/C15H20F2N2O2/c1-2-19(12-6-4-8-18-10-12)14(20)11-5-3-7-13(9-11)21-15(16)17/h3,5,7,9,12,15,18H,2,4,6,8,10H2,1H3. The number of hydrogen-bond acceptors (Lipinski definition) is 3. The molecule has 1 amide bonds. The fraction of sp³-hybridized carbons (Fsp3) is 0.533. The minimum absolute atomic E-state index is 0.00803. The first-order valence-corrected chi connectivity index (χ1v) is 7.18. The summed E-state index contributed by atoms with van der Waals surface area (Å²) in [5.41, 5.74) is 0.376. The van der Waals surface area contributed by atoms with E-state index >= 15 is 0 Å². The van der Waals surface area contributed by atoms with Gasteiger partial charge in [-0.15, -0.1) is 0 Å². The summed E-state index contributed by atoms with van der Waals surface area (Å²) in [4.78, 5) is 14.4. The van der Waals surface area contributed by atoms with Crippen LogP contribution in [0.4, 0.5) is 8.78 Å². The SMILES string of the molecule is CCN(C(=O)c1cccc(OC(F)F)c1)C1CCCNC1. The number of carbonyl (C=O) groups excluding carboxylic acids is 1. The summed E-state index contributed by atoms with van der Waals surface area (Å²) < 4.78 is 28.8. The minimum atomic E-state index is -2.89. The van der Waals surface area contributed by atoms with Crippen LogP contribution in [0.5, 0.6) is 5.75 Å². The maximum Gasteiger partial charge on any atom is 0.387 e. The molecule has 1 aromatic carbocycles. The third kappa shape index (κ3) is 4.14. The molecule has 1 aromatic rings. The summed E-state index contributed by atoms with van der Waals surface area (Å²) in [7, 11) is 0. The number of amides is 1. The molecule has 0 spiro atoms. The highest BCUT2D eigenvalue weighted by atomic mass is 19.3. The van der Waals surface area contributed by atoms with E-state index in [0.717, 1.165) is 25.9 Å². The lowest BCUT2D eigenvalue weighted by Crippen LogP contribution is -2.48. The van der Waals surface area contributed by atoms with Gasteiger partial charge in [-0.05, 0) is 44.5 Å². The van der Waals surface area contributed by atoms with E-state index in [9.17, 15) is 13.6 Å². The van der Waals surface area contributed by atoms with E-state index in [-0.39, 0.29) is 17.7 Å². The number of likely N-dealkylation sites (N-methyl/N-ethyl adjacent to an activating group) is 1. The maximum atomic E-state index is 12.6. The van der Waals surface area contributed by atoms with E-state index in [1.807, 2.05) is 6.92 Å². The highest BCUT2D eigenvalue weighted by Gasteiger charge is 2.25. The Hall–Kier alpha value is -1.69. The van der Waals surface area contributed by atoms with Gasteiger partial charge in [0.05, 0.1) is 0 Å². The van der Waals surface area contributed by atoms with Crippen LogP contribution in [0.25, 0.3) is 0 Å². The summed E-state index contributed by atoms with van der Waals surface area (Å²) in [6, 6.07) is 6.11. The molecule has 0 aromatic heterocycles. The summed E-state index contributed by atoms with van der Waals surface area (Å²) in [6.45, 7) is 1.37. The van der Waals surface area contributed by atoms with Gasteiger partial charge in [-0.3, -0.25) is 4.79 Å². The summed E-state index contributed by atoms with van der Waals surface area (Å²) >= 11 is 0. The van der Waals surface area contributed by atoms with Crippen molar-refractivity contribution in [2.24, 2.45) is 0 Å². The molecule has 4 nitrogen and oxygen atoms in total. The lowest BCUT2D eigenvalue weighted by atomic mass is 10.0. The van der Waals surface area contributed by atoms with E-state index < -0.39 is 6.61 Å². The fourth-order valence-corrected chi connectivity index (χ4v) is 2.64. The van der Waals surface area contributed by atoms with Crippen LogP contribution in [-0.2, 0) is 0 Å². The molecule has 0 saturated carbocycles. The molecular weight excluding hydrogens is 278 g/mol. The zero-order valence-electron chi connectivity index (χ0n) is 12.0. The molecule has 1 fully saturated rings. The Bertz CT molecular complexity index is 476. The highest BCUT2D eigenvalue weighted by molar-refractivity contribution is 5.94. The van der Waals surface area contributed by atoms with Gasteiger partial charge in [-0.1, -0.05) is 6.07 Å². The Morgan fingerprint density at radius 3 is 2.95 bits per heavy atom. The number of hydrogen-bond donors (Lipinski definition) is 1. The van der Waals surface area contributed by atoms with Gasteiger partial charge in [-0.2, -0.15) is 8.78 Å². The van der Waals surface area contributed by atoms with Crippen molar-refractivity contribution in [3.05, 3.63) is 29.8 Å². The van der Waals surface area contributed by atoms with Crippen LogP contribution in [0.15, 0.2) is 24.3 Å². The lowest BCUT2D eigenvalue weighted by Gasteiger charge is -2.34. The van der Waals surface area contributed by atoms with Crippen molar-refractivity contribution >= 4 is 5.91 Å². The van der Waals surface area contributed by atoms with Crippen molar-refractivity contribution in [1.82, 2.24) is 10.2 Å². The molecule has 1 aliphatic heterocycles. The number of piperidine rings is 1. The summed E-state index contributed by atoms with van der Waals surface area (Å²) in [5, 5.41) is 3.28. The highest BCUT2D eigenvalue weighted by Crippen LogP contribution is 2.19. The third-order valence-corrected chi connectivity index (χ3v) is 3.62. The Kier molecular flexibility index (Phi) is 5.50. The third-order valence-electron chi connectivity index (χ3n) is 3.62. The van der Waals surface area contributed by atoms with Gasteiger partial charge in [0.1, 0.15) is 5.75 Å². The Balaban J connectivity index is 2.13. The minimum Gasteiger partial charge on any atom is -0.435 e. The molecule has 1 aliphatic rings. The van der Waals surface area contributed by atoms with Crippen molar-refractivity contribution in [2.75, 3.05) is 19.6 Å². The Morgan fingerprint density at radius 1 is 1.52 bits per heavy atom. The number of nitrogens with zero attached hydrogens (tertiary/aromatic N) is 1. The normalized spacial score (nSPS) is 18.6. The fourth-order valence-electron chi connectivity index (χ4n) is 2.64. The van der Waals surface area contributed by atoms with Gasteiger partial charge >= 0.3 is 6.61 Å². The first-order valence-electron chi connectivity index (χ1n) is 7.18. The monoisotopic (exact) mass is 298 g/mol. The largest absolute Gasteiger partial charge is 0.435 e. The second kappa shape index (κ2) is 7.36. The van der Waals surface area contributed by atoms with Crippen LogP contribution in [-0.4, -0.2) is 43.1 Å². The molecule has 21 heavy (non-hydrogen) atoms. The number of halogens is 2. The molecule has 0 radical (unpaired) electrons. The van der Waals surface area contributed by atoms with Gasteiger partial charge < -0.3 is 15.0 Å². The van der Waals surface area contributed by atoms with Crippen LogP contribution < -0.4 is 10.1 Å². The van der Waals surface area contributed by atoms with Gasteiger partial charge in [-0.25, -0.2) is 0 Å². The van der Waals surface area contributed by atoms with Gasteiger partial charge in [0.25, 0.3) is 5.91 Å². The summed E-state index contributed by atoms with van der Waals surface area (Å²) in [5.74, 6) is -0.139. The first-order chi connectivity index (χ1) is 10.1. The average Bonchev–Trinajstić information content (AvgIpc) is 2.48. The van der Waals surface area contributed by atoms with E-state index in [1.54, 1.807) is 17.0 Å². The van der Waals surface area contributed by atoms with Crippen molar-refractivity contribution in [3.8, 4) is 5.75 Å². The van der Waals surface area contributed by atoms with E-state index in [0.29, 0.717) is 12.1 Å². The number of rotatable bonds is 5. The molecule has 1 unspecified atom stereocenters. The predicted molar refractivity (Wildman–Crippen MR) is 75.7 cm³/mol. The molecule has 6 heteroatoms. The smallest absolute Gasteiger partial charge is 0.387 e. The van der Waals surface area contributed by atoms with Gasteiger partial charge in [0.2, 0.25) is 0 Å². The molecule has 1 heterocycles. The van der Waals surface area contributed by atoms with Crippen LogP contribution in [0, 0.1) is 0 Å². The topological polar surface area (TPSA) is 41.6 Å². The molecule has 2 rings (SSSR count). The van der Waals surface area contributed by atoms with Crippen molar-refractivity contribution in [2.45, 2.75) is 32.4 Å². The summed E-state index contributed by atoms with van der Waals surface area (Å²) in [6.07, 6.45) is 1.99. The van der Waals surface area contributed by atoms with E-state index in [2.05, 4.69) is 10.1 Å². The number of alkyl halides is 2. The zero-order chi connectivity index (χ0) is 15.2. The van der Waals surface area contributed by atoms with E-state index in [4.69, 9.17) is 0 Å². The molecule has 1 N–H and O–H groups in total. The first kappa shape index (κ1) is 15.7. The predicted octanol–water partition coefficient (Wildman–Crippen LogP) is 2.50. The maximum absolute atomic E-state index is 12.6. The molecule has 1 saturated heterocycles. The number of nitrogens with one attached hydrogen (secondary N) is 1. The zero-order valence-corrected chi connectivity index (χ0v) is 12.0. The van der Waals surface area contributed by atoms with Gasteiger partial charge in [0.15, 0.2) is 0 Å². The molecule has 116 valence electrons. The van der Waals surface area contributed by atoms with Crippen molar-refractivity contribution in [3.63, 3.8) is 0 Å². The molecule has 1 atom stereocenters. The average molecular weight is 298 g/mol. The molecular formula is C15H20F2N2O2. The number of ether oxygens (including phenoxy) is 1. The van der Waals surface area contributed by atoms with E-state index in [1.165, 1.54) is 12.1 Å². The molecule has 0 aliphatic carbocycles. The second-order valence-electron chi connectivity index (χ2n) is 5.00. The van der Waals surface area contributed by atoms with Crippen molar-refractivity contribution < 1.29 is 18.3 Å². The van der Waals surface area contributed by atoms with Crippen LogP contribution >= 0.6 is 0 Å².